The Balaban J connectivity index is 1.45. The van der Waals surface area contributed by atoms with Crippen LogP contribution in [0.3, 0.4) is 0 Å². The Labute approximate surface area is 145 Å². The Morgan fingerprint density at radius 3 is 2.54 bits per heavy atom. The van der Waals surface area contributed by atoms with E-state index in [9.17, 15) is 0 Å². The van der Waals surface area contributed by atoms with Gasteiger partial charge in [0.1, 0.15) is 5.75 Å². The van der Waals surface area contributed by atoms with Gasteiger partial charge in [0.2, 0.25) is 0 Å². The fourth-order valence-electron chi connectivity index (χ4n) is 3.12. The minimum absolute atomic E-state index is 0.456. The van der Waals surface area contributed by atoms with Crippen molar-refractivity contribution in [3.63, 3.8) is 0 Å². The molecule has 0 radical (unpaired) electrons. The summed E-state index contributed by atoms with van der Waals surface area (Å²) in [6.45, 7) is 5.37. The number of rotatable bonds is 8. The quantitative estimate of drug-likeness (QED) is 0.796. The molecule has 1 atom stereocenters. The van der Waals surface area contributed by atoms with Gasteiger partial charge in [-0.15, -0.1) is 0 Å². The number of hydrogen-bond acceptors (Lipinski definition) is 3. The Morgan fingerprint density at radius 2 is 1.92 bits per heavy atom. The van der Waals surface area contributed by atoms with Gasteiger partial charge >= 0.3 is 0 Å². The van der Waals surface area contributed by atoms with Crippen LogP contribution in [0.4, 0.5) is 0 Å². The second-order valence-corrected chi connectivity index (χ2v) is 6.91. The highest BCUT2D eigenvalue weighted by molar-refractivity contribution is 5.28. The zero-order chi connectivity index (χ0) is 16.9. The van der Waals surface area contributed by atoms with Gasteiger partial charge in [0, 0.05) is 23.3 Å². The van der Waals surface area contributed by atoms with E-state index < -0.39 is 0 Å². The van der Waals surface area contributed by atoms with E-state index >= 15 is 0 Å². The van der Waals surface area contributed by atoms with Crippen LogP contribution in [-0.4, -0.2) is 24.7 Å². The first kappa shape index (κ1) is 17.0. The molecule has 24 heavy (non-hydrogen) atoms. The molecule has 3 nitrogen and oxygen atoms in total. The minimum atomic E-state index is 0.456. The van der Waals surface area contributed by atoms with Gasteiger partial charge in [0.15, 0.2) is 0 Å². The highest BCUT2D eigenvalue weighted by Crippen LogP contribution is 2.39. The highest BCUT2D eigenvalue weighted by Gasteiger charge is 2.25. The predicted molar refractivity (Wildman–Crippen MR) is 98.8 cm³/mol. The summed E-state index contributed by atoms with van der Waals surface area (Å²) in [5, 5.41) is 3.63. The fraction of sp³-hybridized carbons (Fsp3) is 0.476. The van der Waals surface area contributed by atoms with Crippen molar-refractivity contribution in [1.29, 1.82) is 0 Å². The lowest BCUT2D eigenvalue weighted by molar-refractivity contribution is 0.414. The zero-order valence-electron chi connectivity index (χ0n) is 15.0. The van der Waals surface area contributed by atoms with E-state index in [-0.39, 0.29) is 0 Å². The molecular weight excluding hydrogens is 296 g/mol. The Kier molecular flexibility index (Phi) is 5.52. The maximum atomic E-state index is 5.20. The summed E-state index contributed by atoms with van der Waals surface area (Å²) in [7, 11) is 1.70. The monoisotopic (exact) mass is 324 g/mol. The second-order valence-electron chi connectivity index (χ2n) is 6.91. The summed E-state index contributed by atoms with van der Waals surface area (Å²) in [6.07, 6.45) is 4.70. The SMILES string of the molecule is COc1ccc(C[C@@H](C)NCCc2ccc(C3CC3)nc2C)cc1. The Hall–Kier alpha value is -1.87. The lowest BCUT2D eigenvalue weighted by Crippen LogP contribution is -2.30. The highest BCUT2D eigenvalue weighted by atomic mass is 16.5. The van der Waals surface area contributed by atoms with Crippen LogP contribution in [0.25, 0.3) is 0 Å². The summed E-state index contributed by atoms with van der Waals surface area (Å²) in [6, 6.07) is 13.3. The van der Waals surface area contributed by atoms with E-state index in [1.165, 1.54) is 35.4 Å². The van der Waals surface area contributed by atoms with Crippen molar-refractivity contribution in [1.82, 2.24) is 10.3 Å². The number of pyridine rings is 1. The molecule has 1 aromatic carbocycles. The van der Waals surface area contributed by atoms with Crippen LogP contribution in [0.15, 0.2) is 36.4 Å². The molecule has 1 N–H and O–H groups in total. The Morgan fingerprint density at radius 1 is 1.17 bits per heavy atom. The number of benzene rings is 1. The molecule has 0 amide bonds. The molecule has 1 aliphatic carbocycles. The van der Waals surface area contributed by atoms with Crippen molar-refractivity contribution in [2.24, 2.45) is 0 Å². The molecule has 0 unspecified atom stereocenters. The lowest BCUT2D eigenvalue weighted by atomic mass is 10.1. The van der Waals surface area contributed by atoms with Gasteiger partial charge in [-0.25, -0.2) is 0 Å². The molecule has 1 fully saturated rings. The van der Waals surface area contributed by atoms with Gasteiger partial charge in [-0.3, -0.25) is 4.98 Å². The second kappa shape index (κ2) is 7.80. The summed E-state index contributed by atoms with van der Waals surface area (Å²) >= 11 is 0. The zero-order valence-corrected chi connectivity index (χ0v) is 15.0. The first-order valence-electron chi connectivity index (χ1n) is 8.98. The van der Waals surface area contributed by atoms with Gasteiger partial charge in [-0.1, -0.05) is 18.2 Å². The summed E-state index contributed by atoms with van der Waals surface area (Å²) in [5.41, 5.74) is 5.19. The van der Waals surface area contributed by atoms with E-state index in [1.807, 2.05) is 12.1 Å². The smallest absolute Gasteiger partial charge is 0.118 e. The molecule has 1 aliphatic rings. The molecule has 0 bridgehead atoms. The van der Waals surface area contributed by atoms with Crippen LogP contribution in [0.5, 0.6) is 5.75 Å². The van der Waals surface area contributed by atoms with Crippen LogP contribution >= 0.6 is 0 Å². The summed E-state index contributed by atoms with van der Waals surface area (Å²) in [4.78, 5) is 4.78. The maximum Gasteiger partial charge on any atom is 0.118 e. The molecule has 1 saturated carbocycles. The molecule has 128 valence electrons. The van der Waals surface area contributed by atoms with Crippen LogP contribution in [0.1, 0.15) is 48.2 Å². The standard InChI is InChI=1S/C21H28N2O/c1-15(14-17-4-9-20(24-3)10-5-17)22-13-12-18-8-11-21(19-6-7-19)23-16(18)2/h4-5,8-11,15,19,22H,6-7,12-14H2,1-3H3/t15-/m1/s1. The van der Waals surface area contributed by atoms with E-state index in [4.69, 9.17) is 9.72 Å². The van der Waals surface area contributed by atoms with Crippen LogP contribution in [0, 0.1) is 6.92 Å². The number of hydrogen-bond donors (Lipinski definition) is 1. The van der Waals surface area contributed by atoms with E-state index in [2.05, 4.69) is 43.4 Å². The third-order valence-corrected chi connectivity index (χ3v) is 4.80. The number of aromatic nitrogens is 1. The number of methoxy groups -OCH3 is 1. The van der Waals surface area contributed by atoms with Gasteiger partial charge in [-0.05, 0) is 75.4 Å². The van der Waals surface area contributed by atoms with Gasteiger partial charge in [0.25, 0.3) is 0 Å². The third-order valence-electron chi connectivity index (χ3n) is 4.80. The largest absolute Gasteiger partial charge is 0.497 e. The number of nitrogens with one attached hydrogen (secondary N) is 1. The first-order valence-corrected chi connectivity index (χ1v) is 8.98. The van der Waals surface area contributed by atoms with E-state index in [1.54, 1.807) is 7.11 Å². The fourth-order valence-corrected chi connectivity index (χ4v) is 3.12. The van der Waals surface area contributed by atoms with Crippen LogP contribution in [-0.2, 0) is 12.8 Å². The van der Waals surface area contributed by atoms with Gasteiger partial charge < -0.3 is 10.1 Å². The molecule has 3 heteroatoms. The average molecular weight is 324 g/mol. The van der Waals surface area contributed by atoms with Crippen molar-refractivity contribution in [3.05, 3.63) is 58.9 Å². The van der Waals surface area contributed by atoms with Gasteiger partial charge in [0.05, 0.1) is 7.11 Å². The summed E-state index contributed by atoms with van der Waals surface area (Å²) < 4.78 is 5.20. The Bertz CT molecular complexity index is 662. The van der Waals surface area contributed by atoms with Crippen molar-refractivity contribution >= 4 is 0 Å². The first-order chi connectivity index (χ1) is 11.7. The topological polar surface area (TPSA) is 34.1 Å². The van der Waals surface area contributed by atoms with Crippen LogP contribution in [0.2, 0.25) is 0 Å². The van der Waals surface area contributed by atoms with Crippen molar-refractivity contribution < 1.29 is 4.74 Å². The van der Waals surface area contributed by atoms with Crippen molar-refractivity contribution in [3.8, 4) is 5.75 Å². The number of ether oxygens (including phenoxy) is 1. The maximum absolute atomic E-state index is 5.20. The molecular formula is C21H28N2O. The molecule has 0 saturated heterocycles. The summed E-state index contributed by atoms with van der Waals surface area (Å²) in [5.74, 6) is 1.65. The molecule has 3 rings (SSSR count). The molecule has 1 aromatic heterocycles. The molecule has 1 heterocycles. The predicted octanol–water partition coefficient (Wildman–Crippen LogP) is 4.04. The average Bonchev–Trinajstić information content (AvgIpc) is 3.42. The van der Waals surface area contributed by atoms with Crippen LogP contribution < -0.4 is 10.1 Å². The molecule has 0 spiro atoms. The van der Waals surface area contributed by atoms with E-state index in [0.717, 1.165) is 31.1 Å². The van der Waals surface area contributed by atoms with Crippen molar-refractivity contribution in [2.75, 3.05) is 13.7 Å². The molecule has 2 aromatic rings. The lowest BCUT2D eigenvalue weighted by Gasteiger charge is -2.15. The van der Waals surface area contributed by atoms with Gasteiger partial charge in [-0.2, -0.15) is 0 Å². The normalized spacial score (nSPS) is 15.3. The molecule has 0 aliphatic heterocycles. The number of aryl methyl sites for hydroxylation is 1. The minimum Gasteiger partial charge on any atom is -0.497 e. The van der Waals surface area contributed by atoms with Crippen molar-refractivity contribution in [2.45, 2.75) is 51.5 Å². The number of nitrogens with zero attached hydrogens (tertiary/aromatic N) is 1. The third kappa shape index (κ3) is 4.57. The van der Waals surface area contributed by atoms with E-state index in [0.29, 0.717) is 6.04 Å².